The van der Waals surface area contributed by atoms with Gasteiger partial charge in [-0.05, 0) is 24.7 Å². The first kappa shape index (κ1) is 7.22. The second kappa shape index (κ2) is 3.30. The largest absolute Gasteiger partial charge is 0.281 e. The molecule has 0 aliphatic carbocycles. The molecule has 0 spiro atoms. The Bertz CT molecular complexity index is 202. The van der Waals surface area contributed by atoms with Gasteiger partial charge in [-0.1, -0.05) is 6.42 Å². The molecule has 11 heavy (non-hydrogen) atoms. The molecule has 1 fully saturated rings. The zero-order valence-corrected chi connectivity index (χ0v) is 7.23. The maximum atomic E-state index is 3.96. The van der Waals surface area contributed by atoms with E-state index in [1.54, 1.807) is 0 Å². The van der Waals surface area contributed by atoms with Crippen molar-refractivity contribution in [2.24, 2.45) is 0 Å². The van der Waals surface area contributed by atoms with E-state index in [2.05, 4.69) is 16.3 Å². The lowest BCUT2D eigenvalue weighted by molar-refractivity contribution is 0.674. The van der Waals surface area contributed by atoms with Crippen LogP contribution >= 0.6 is 11.8 Å². The molecule has 1 aliphatic rings. The van der Waals surface area contributed by atoms with Crippen LogP contribution in [0.1, 0.15) is 30.2 Å². The molecule has 60 valence electrons. The minimum absolute atomic E-state index is 0.686. The highest BCUT2D eigenvalue weighted by Gasteiger charge is 2.16. The minimum atomic E-state index is 0.686. The van der Waals surface area contributed by atoms with E-state index in [0.717, 1.165) is 0 Å². The van der Waals surface area contributed by atoms with Crippen molar-refractivity contribution >= 4 is 11.8 Å². The number of aromatic nitrogens is 2. The van der Waals surface area contributed by atoms with Crippen molar-refractivity contribution in [3.8, 4) is 0 Å². The molecule has 1 saturated heterocycles. The number of hydrogen-bond donors (Lipinski definition) is 1. The summed E-state index contributed by atoms with van der Waals surface area (Å²) in [6.45, 7) is 0. The molecule has 2 heterocycles. The fourth-order valence-electron chi connectivity index (χ4n) is 1.43. The summed E-state index contributed by atoms with van der Waals surface area (Å²) in [5, 5.41) is 7.68. The summed E-state index contributed by atoms with van der Waals surface area (Å²) in [5.41, 5.74) is 1.30. The predicted molar refractivity (Wildman–Crippen MR) is 47.6 cm³/mol. The van der Waals surface area contributed by atoms with E-state index in [1.165, 1.54) is 30.7 Å². The average molecular weight is 168 g/mol. The highest BCUT2D eigenvalue weighted by atomic mass is 32.2. The molecule has 1 N–H and O–H groups in total. The maximum Gasteiger partial charge on any atom is 0.0490 e. The lowest BCUT2D eigenvalue weighted by atomic mass is 10.1. The van der Waals surface area contributed by atoms with E-state index in [9.17, 15) is 0 Å². The van der Waals surface area contributed by atoms with Crippen LogP contribution in [0.25, 0.3) is 0 Å². The van der Waals surface area contributed by atoms with Crippen LogP contribution in [0.2, 0.25) is 0 Å². The Morgan fingerprint density at radius 1 is 1.55 bits per heavy atom. The van der Waals surface area contributed by atoms with Gasteiger partial charge in [0, 0.05) is 17.1 Å². The van der Waals surface area contributed by atoms with Crippen molar-refractivity contribution in [3.63, 3.8) is 0 Å². The van der Waals surface area contributed by atoms with Crippen LogP contribution < -0.4 is 0 Å². The van der Waals surface area contributed by atoms with Crippen molar-refractivity contribution in [2.45, 2.75) is 24.5 Å². The standard InChI is InChI=1S/C8H12N2S/c1-2-6-11-8(3-1)7-4-5-9-10-7/h4-5,8H,1-3,6H2,(H,9,10). The van der Waals surface area contributed by atoms with Crippen LogP contribution in [0.5, 0.6) is 0 Å². The number of nitrogens with zero attached hydrogens (tertiary/aromatic N) is 1. The molecule has 1 atom stereocenters. The lowest BCUT2D eigenvalue weighted by Crippen LogP contribution is -2.02. The normalized spacial score (nSPS) is 25.3. The third-order valence-electron chi connectivity index (χ3n) is 2.05. The number of rotatable bonds is 1. The summed E-state index contributed by atoms with van der Waals surface area (Å²) in [4.78, 5) is 0. The van der Waals surface area contributed by atoms with Gasteiger partial charge in [0.15, 0.2) is 0 Å². The van der Waals surface area contributed by atoms with Gasteiger partial charge in [-0.3, -0.25) is 5.10 Å². The molecule has 1 aliphatic heterocycles. The van der Waals surface area contributed by atoms with E-state index in [-0.39, 0.29) is 0 Å². The fourth-order valence-corrected chi connectivity index (χ4v) is 2.73. The molecule has 1 aromatic rings. The van der Waals surface area contributed by atoms with Gasteiger partial charge in [-0.2, -0.15) is 16.9 Å². The Kier molecular flexibility index (Phi) is 2.17. The molecule has 1 aromatic heterocycles. The van der Waals surface area contributed by atoms with Gasteiger partial charge in [-0.25, -0.2) is 0 Å². The highest BCUT2D eigenvalue weighted by molar-refractivity contribution is 7.99. The van der Waals surface area contributed by atoms with Gasteiger partial charge in [0.1, 0.15) is 0 Å². The van der Waals surface area contributed by atoms with Crippen LogP contribution in [0.3, 0.4) is 0 Å². The van der Waals surface area contributed by atoms with E-state index < -0.39 is 0 Å². The summed E-state index contributed by atoms with van der Waals surface area (Å²) in [5.74, 6) is 1.31. The van der Waals surface area contributed by atoms with Crippen molar-refractivity contribution < 1.29 is 0 Å². The molecule has 0 radical (unpaired) electrons. The Morgan fingerprint density at radius 3 is 3.18 bits per heavy atom. The van der Waals surface area contributed by atoms with Gasteiger partial charge in [0.2, 0.25) is 0 Å². The van der Waals surface area contributed by atoms with Gasteiger partial charge in [0.25, 0.3) is 0 Å². The van der Waals surface area contributed by atoms with E-state index in [4.69, 9.17) is 0 Å². The van der Waals surface area contributed by atoms with Crippen molar-refractivity contribution in [1.29, 1.82) is 0 Å². The van der Waals surface area contributed by atoms with E-state index in [0.29, 0.717) is 5.25 Å². The van der Waals surface area contributed by atoms with E-state index in [1.807, 2.05) is 18.0 Å². The molecule has 0 saturated carbocycles. The molecule has 0 bridgehead atoms. The van der Waals surface area contributed by atoms with Crippen molar-refractivity contribution in [1.82, 2.24) is 10.2 Å². The Morgan fingerprint density at radius 2 is 2.55 bits per heavy atom. The summed E-state index contributed by atoms with van der Waals surface area (Å²) in [6.07, 6.45) is 5.91. The number of thioether (sulfide) groups is 1. The van der Waals surface area contributed by atoms with Crippen molar-refractivity contribution in [2.75, 3.05) is 5.75 Å². The second-order valence-electron chi connectivity index (χ2n) is 2.87. The number of aromatic amines is 1. The summed E-state index contributed by atoms with van der Waals surface area (Å²) in [7, 11) is 0. The number of hydrogen-bond acceptors (Lipinski definition) is 2. The van der Waals surface area contributed by atoms with Gasteiger partial charge in [0.05, 0.1) is 0 Å². The van der Waals surface area contributed by atoms with Crippen molar-refractivity contribution in [3.05, 3.63) is 18.0 Å². The number of nitrogens with one attached hydrogen (secondary N) is 1. The van der Waals surface area contributed by atoms with Crippen LogP contribution in [0.15, 0.2) is 12.3 Å². The number of H-pyrrole nitrogens is 1. The molecule has 1 unspecified atom stereocenters. The Labute approximate surface area is 70.8 Å². The quantitative estimate of drug-likeness (QED) is 0.697. The summed E-state index contributed by atoms with van der Waals surface area (Å²) >= 11 is 2.05. The van der Waals surface area contributed by atoms with Gasteiger partial charge in [-0.15, -0.1) is 0 Å². The molecule has 3 heteroatoms. The van der Waals surface area contributed by atoms with Crippen LogP contribution in [-0.4, -0.2) is 16.0 Å². The Balaban J connectivity index is 2.04. The minimum Gasteiger partial charge on any atom is -0.281 e. The average Bonchev–Trinajstić information content (AvgIpc) is 2.58. The highest BCUT2D eigenvalue weighted by Crippen LogP contribution is 2.36. The van der Waals surface area contributed by atoms with Crippen LogP contribution in [0, 0.1) is 0 Å². The van der Waals surface area contributed by atoms with Gasteiger partial charge < -0.3 is 0 Å². The summed E-state index contributed by atoms with van der Waals surface area (Å²) in [6, 6.07) is 2.09. The monoisotopic (exact) mass is 168 g/mol. The van der Waals surface area contributed by atoms with E-state index >= 15 is 0 Å². The molecule has 0 amide bonds. The first-order valence-corrected chi connectivity index (χ1v) is 5.12. The molecule has 0 aromatic carbocycles. The molecule has 2 nitrogen and oxygen atoms in total. The predicted octanol–water partition coefficient (Wildman–Crippen LogP) is 2.37. The Hall–Kier alpha value is -0.440. The zero-order chi connectivity index (χ0) is 7.52. The molecular weight excluding hydrogens is 156 g/mol. The zero-order valence-electron chi connectivity index (χ0n) is 6.42. The van der Waals surface area contributed by atoms with Crippen LogP contribution in [-0.2, 0) is 0 Å². The smallest absolute Gasteiger partial charge is 0.0490 e. The first-order chi connectivity index (χ1) is 5.47. The van der Waals surface area contributed by atoms with Gasteiger partial charge >= 0.3 is 0 Å². The first-order valence-electron chi connectivity index (χ1n) is 4.08. The third-order valence-corrected chi connectivity index (χ3v) is 3.47. The van der Waals surface area contributed by atoms with Crippen LogP contribution in [0.4, 0.5) is 0 Å². The summed E-state index contributed by atoms with van der Waals surface area (Å²) < 4.78 is 0. The third kappa shape index (κ3) is 1.59. The lowest BCUT2D eigenvalue weighted by Gasteiger charge is -2.19. The second-order valence-corrected chi connectivity index (χ2v) is 4.18. The fraction of sp³-hybridized carbons (Fsp3) is 0.625. The molecule has 2 rings (SSSR count). The topological polar surface area (TPSA) is 28.7 Å². The molecular formula is C8H12N2S. The SMILES string of the molecule is c1cc(C2CCCCS2)[nH]n1. The maximum absolute atomic E-state index is 3.96.